The van der Waals surface area contributed by atoms with E-state index < -0.39 is 15.8 Å². The van der Waals surface area contributed by atoms with E-state index in [2.05, 4.69) is 15.0 Å². The van der Waals surface area contributed by atoms with Crippen molar-refractivity contribution in [1.82, 2.24) is 4.98 Å². The van der Waals surface area contributed by atoms with E-state index in [9.17, 15) is 17.2 Å². The minimum absolute atomic E-state index is 0.0441. The van der Waals surface area contributed by atoms with Gasteiger partial charge in [0, 0.05) is 6.54 Å². The first-order valence-electron chi connectivity index (χ1n) is 7.65. The van der Waals surface area contributed by atoms with Crippen LogP contribution in [-0.4, -0.2) is 13.4 Å². The molecule has 0 amide bonds. The van der Waals surface area contributed by atoms with Crippen LogP contribution < -0.4 is 10.0 Å². The number of sulfonamides is 1. The Kier molecular flexibility index (Phi) is 5.13. The van der Waals surface area contributed by atoms with Crippen molar-refractivity contribution in [3.63, 3.8) is 0 Å². The van der Waals surface area contributed by atoms with Gasteiger partial charge in [-0.15, -0.1) is 0 Å². The summed E-state index contributed by atoms with van der Waals surface area (Å²) in [5.74, 6) is -0.272. The Morgan fingerprint density at radius 1 is 0.846 bits per heavy atom. The summed E-state index contributed by atoms with van der Waals surface area (Å²) >= 11 is 0. The summed E-state index contributed by atoms with van der Waals surface area (Å²) in [6.07, 6.45) is 1.37. The molecule has 2 aromatic carbocycles. The Balaban J connectivity index is 1.63. The van der Waals surface area contributed by atoms with Gasteiger partial charge in [-0.2, -0.15) is 0 Å². The number of nitrogens with one attached hydrogen (secondary N) is 2. The fraction of sp³-hybridized carbons (Fsp3) is 0.0556. The van der Waals surface area contributed by atoms with Gasteiger partial charge in [0.2, 0.25) is 0 Å². The number of benzene rings is 2. The number of aromatic nitrogens is 1. The van der Waals surface area contributed by atoms with Gasteiger partial charge >= 0.3 is 0 Å². The summed E-state index contributed by atoms with van der Waals surface area (Å²) in [5.41, 5.74) is 1.16. The number of rotatable bonds is 6. The summed E-state index contributed by atoms with van der Waals surface area (Å²) < 4.78 is 52.6. The van der Waals surface area contributed by atoms with Gasteiger partial charge in [-0.1, -0.05) is 12.1 Å². The summed E-state index contributed by atoms with van der Waals surface area (Å²) in [6, 6.07) is 13.8. The molecule has 3 rings (SSSR count). The molecule has 0 bridgehead atoms. The molecular formula is C18H15F2N3O2S. The summed E-state index contributed by atoms with van der Waals surface area (Å²) in [5, 5.41) is 3.06. The van der Waals surface area contributed by atoms with Gasteiger partial charge in [0.05, 0.1) is 16.8 Å². The first kappa shape index (κ1) is 17.8. The fourth-order valence-corrected chi connectivity index (χ4v) is 3.22. The smallest absolute Gasteiger partial charge is 0.261 e. The van der Waals surface area contributed by atoms with Crippen LogP contribution in [0.15, 0.2) is 71.8 Å². The van der Waals surface area contributed by atoms with Crippen LogP contribution in [0.5, 0.6) is 0 Å². The first-order chi connectivity index (χ1) is 12.4. The number of anilines is 2. The van der Waals surface area contributed by atoms with E-state index >= 15 is 0 Å². The van der Waals surface area contributed by atoms with Crippen molar-refractivity contribution in [2.75, 3.05) is 10.0 Å². The maximum atomic E-state index is 12.9. The normalized spacial score (nSPS) is 11.2. The Morgan fingerprint density at radius 2 is 1.46 bits per heavy atom. The zero-order valence-corrected chi connectivity index (χ0v) is 14.3. The van der Waals surface area contributed by atoms with Crippen molar-refractivity contribution in [2.45, 2.75) is 11.4 Å². The van der Waals surface area contributed by atoms with E-state index in [0.29, 0.717) is 12.4 Å². The standard InChI is InChI=1S/C18H15F2N3O2S/c19-14-3-1-13(2-4-14)11-21-18-10-7-16(12-22-18)23-26(24,25)17-8-5-15(20)6-9-17/h1-10,12,23H,11H2,(H,21,22). The van der Waals surface area contributed by atoms with Crippen molar-refractivity contribution in [2.24, 2.45) is 0 Å². The molecule has 0 saturated carbocycles. The van der Waals surface area contributed by atoms with Crippen molar-refractivity contribution in [3.05, 3.63) is 84.1 Å². The van der Waals surface area contributed by atoms with E-state index in [1.165, 1.54) is 30.5 Å². The number of halogens is 2. The second-order valence-electron chi connectivity index (χ2n) is 5.47. The maximum Gasteiger partial charge on any atom is 0.261 e. The zero-order valence-electron chi connectivity index (χ0n) is 13.5. The minimum Gasteiger partial charge on any atom is -0.366 e. The third kappa shape index (κ3) is 4.54. The zero-order chi connectivity index (χ0) is 18.6. The predicted molar refractivity (Wildman–Crippen MR) is 95.2 cm³/mol. The van der Waals surface area contributed by atoms with Crippen molar-refractivity contribution in [1.29, 1.82) is 0 Å². The molecule has 0 aliphatic carbocycles. The Bertz CT molecular complexity index is 974. The summed E-state index contributed by atoms with van der Waals surface area (Å²) in [7, 11) is -3.81. The van der Waals surface area contributed by atoms with Gasteiger partial charge < -0.3 is 5.32 Å². The van der Waals surface area contributed by atoms with E-state index in [1.54, 1.807) is 24.3 Å². The Morgan fingerprint density at radius 3 is 2.04 bits per heavy atom. The molecule has 0 fully saturated rings. The highest BCUT2D eigenvalue weighted by atomic mass is 32.2. The van der Waals surface area contributed by atoms with Crippen LogP contribution in [-0.2, 0) is 16.6 Å². The third-order valence-electron chi connectivity index (χ3n) is 3.53. The van der Waals surface area contributed by atoms with Gasteiger partial charge in [0.15, 0.2) is 0 Å². The average molecular weight is 375 g/mol. The predicted octanol–water partition coefficient (Wildman–Crippen LogP) is 3.77. The Hall–Kier alpha value is -3.00. The van der Waals surface area contributed by atoms with Crippen LogP contribution in [0.2, 0.25) is 0 Å². The molecule has 1 heterocycles. The molecule has 0 aliphatic heterocycles. The highest BCUT2D eigenvalue weighted by molar-refractivity contribution is 7.92. The SMILES string of the molecule is O=S(=O)(Nc1ccc(NCc2ccc(F)cc2)nc1)c1ccc(F)cc1. The molecule has 8 heteroatoms. The van der Waals surface area contributed by atoms with Gasteiger partial charge in [0.1, 0.15) is 17.5 Å². The van der Waals surface area contributed by atoms with E-state index in [0.717, 1.165) is 17.7 Å². The number of hydrogen-bond donors (Lipinski definition) is 2. The van der Waals surface area contributed by atoms with Gasteiger partial charge in [0.25, 0.3) is 10.0 Å². The second kappa shape index (κ2) is 7.49. The van der Waals surface area contributed by atoms with Crippen LogP contribution in [0.3, 0.4) is 0 Å². The molecule has 26 heavy (non-hydrogen) atoms. The van der Waals surface area contributed by atoms with Gasteiger partial charge in [-0.3, -0.25) is 4.72 Å². The highest BCUT2D eigenvalue weighted by Gasteiger charge is 2.14. The number of pyridine rings is 1. The molecule has 0 spiro atoms. The number of hydrogen-bond acceptors (Lipinski definition) is 4. The molecule has 0 aliphatic rings. The lowest BCUT2D eigenvalue weighted by Crippen LogP contribution is -2.13. The monoisotopic (exact) mass is 375 g/mol. The van der Waals surface area contributed by atoms with Gasteiger partial charge in [-0.05, 0) is 54.1 Å². The van der Waals surface area contributed by atoms with Crippen molar-refractivity contribution in [3.8, 4) is 0 Å². The van der Waals surface area contributed by atoms with Crippen molar-refractivity contribution < 1.29 is 17.2 Å². The van der Waals surface area contributed by atoms with Crippen LogP contribution in [0.4, 0.5) is 20.3 Å². The molecule has 134 valence electrons. The van der Waals surface area contributed by atoms with E-state index in [4.69, 9.17) is 0 Å². The quantitative estimate of drug-likeness (QED) is 0.688. The van der Waals surface area contributed by atoms with Crippen LogP contribution in [0.25, 0.3) is 0 Å². The summed E-state index contributed by atoms with van der Waals surface area (Å²) in [6.45, 7) is 0.452. The molecular weight excluding hydrogens is 360 g/mol. The number of nitrogens with zero attached hydrogens (tertiary/aromatic N) is 1. The topological polar surface area (TPSA) is 71.1 Å². The first-order valence-corrected chi connectivity index (χ1v) is 9.13. The lowest BCUT2D eigenvalue weighted by Gasteiger charge is -2.09. The molecule has 0 atom stereocenters. The molecule has 0 saturated heterocycles. The Labute approximate surface area is 149 Å². The van der Waals surface area contributed by atoms with E-state index in [-0.39, 0.29) is 16.4 Å². The largest absolute Gasteiger partial charge is 0.366 e. The molecule has 3 aromatic rings. The highest BCUT2D eigenvalue weighted by Crippen LogP contribution is 2.17. The molecule has 1 aromatic heterocycles. The summed E-state index contributed by atoms with van der Waals surface area (Å²) in [4.78, 5) is 4.09. The average Bonchev–Trinajstić information content (AvgIpc) is 2.62. The molecule has 0 radical (unpaired) electrons. The maximum absolute atomic E-state index is 12.9. The van der Waals surface area contributed by atoms with Crippen LogP contribution >= 0.6 is 0 Å². The van der Waals surface area contributed by atoms with Crippen LogP contribution in [0.1, 0.15) is 5.56 Å². The van der Waals surface area contributed by atoms with Gasteiger partial charge in [-0.25, -0.2) is 22.2 Å². The third-order valence-corrected chi connectivity index (χ3v) is 4.92. The molecule has 2 N–H and O–H groups in total. The molecule has 5 nitrogen and oxygen atoms in total. The lowest BCUT2D eigenvalue weighted by atomic mass is 10.2. The fourth-order valence-electron chi connectivity index (χ4n) is 2.18. The van der Waals surface area contributed by atoms with E-state index in [1.807, 2.05) is 0 Å². The lowest BCUT2D eigenvalue weighted by molar-refractivity contribution is 0.599. The second-order valence-corrected chi connectivity index (χ2v) is 7.15. The van der Waals surface area contributed by atoms with Crippen molar-refractivity contribution >= 4 is 21.5 Å². The molecule has 0 unspecified atom stereocenters. The minimum atomic E-state index is -3.81. The van der Waals surface area contributed by atoms with Crippen LogP contribution in [0, 0.1) is 11.6 Å².